The molecule has 0 aromatic heterocycles. The summed E-state index contributed by atoms with van der Waals surface area (Å²) in [5, 5.41) is 3.56. The van der Waals surface area contributed by atoms with E-state index in [1.54, 1.807) is 11.8 Å². The van der Waals surface area contributed by atoms with Crippen LogP contribution < -0.4 is 10.2 Å². The molecule has 0 unspecified atom stereocenters. The zero-order chi connectivity index (χ0) is 14.5. The van der Waals surface area contributed by atoms with Crippen molar-refractivity contribution in [3.63, 3.8) is 0 Å². The molecule has 1 saturated heterocycles. The average Bonchev–Trinajstić information content (AvgIpc) is 3.08. The van der Waals surface area contributed by atoms with Gasteiger partial charge in [0, 0.05) is 35.9 Å². The van der Waals surface area contributed by atoms with E-state index in [4.69, 9.17) is 0 Å². The monoisotopic (exact) mass is 298 g/mol. The van der Waals surface area contributed by atoms with Crippen LogP contribution in [0, 0.1) is 0 Å². The Balaban J connectivity index is 1.72. The number of hydrogen-bond acceptors (Lipinski definition) is 3. The number of hydrogen-bond donors (Lipinski definition) is 1. The third kappa shape index (κ3) is 3.53. The Labute approximate surface area is 131 Å². The maximum absolute atomic E-state index is 3.56. The summed E-state index contributed by atoms with van der Waals surface area (Å²) in [7, 11) is 0. The van der Waals surface area contributed by atoms with Gasteiger partial charge in [0.2, 0.25) is 0 Å². The molecule has 21 heavy (non-hydrogen) atoms. The Morgan fingerprint density at radius 2 is 1.86 bits per heavy atom. The number of thioether (sulfide) groups is 1. The highest BCUT2D eigenvalue weighted by atomic mass is 32.2. The first kappa shape index (κ1) is 14.3. The Hall–Kier alpha value is -1.61. The summed E-state index contributed by atoms with van der Waals surface area (Å²) < 4.78 is 0. The molecule has 1 aliphatic rings. The van der Waals surface area contributed by atoms with Gasteiger partial charge in [0.15, 0.2) is 0 Å². The molecule has 0 spiro atoms. The van der Waals surface area contributed by atoms with E-state index in [2.05, 4.69) is 65.0 Å². The molecule has 0 amide bonds. The van der Waals surface area contributed by atoms with Gasteiger partial charge in [-0.15, -0.1) is 11.8 Å². The van der Waals surface area contributed by atoms with Gasteiger partial charge in [-0.2, -0.15) is 0 Å². The Bertz CT molecular complexity index is 591. The summed E-state index contributed by atoms with van der Waals surface area (Å²) in [6.07, 6.45) is 4.75. The van der Waals surface area contributed by atoms with Crippen molar-refractivity contribution >= 4 is 23.1 Å². The molecule has 0 saturated carbocycles. The van der Waals surface area contributed by atoms with Crippen molar-refractivity contribution in [3.8, 4) is 0 Å². The third-order valence-electron chi connectivity index (χ3n) is 3.99. The molecule has 1 N–H and O–H groups in total. The van der Waals surface area contributed by atoms with E-state index in [0.29, 0.717) is 0 Å². The van der Waals surface area contributed by atoms with Crippen LogP contribution in [0.5, 0.6) is 0 Å². The molecule has 1 heterocycles. The standard InChI is InChI=1S/C18H22N2S/c1-21-17-9-6-8-16(13-17)19-14-15-7-2-3-10-18(15)20-11-4-5-12-20/h2-3,6-10,13,19H,4-5,11-12,14H2,1H3. The number of rotatable bonds is 5. The van der Waals surface area contributed by atoms with E-state index in [9.17, 15) is 0 Å². The predicted molar refractivity (Wildman–Crippen MR) is 93.4 cm³/mol. The Morgan fingerprint density at radius 3 is 2.67 bits per heavy atom. The van der Waals surface area contributed by atoms with E-state index in [1.165, 1.54) is 47.8 Å². The molecule has 0 bridgehead atoms. The lowest BCUT2D eigenvalue weighted by atomic mass is 10.1. The molecule has 1 aliphatic heterocycles. The molecule has 2 nitrogen and oxygen atoms in total. The SMILES string of the molecule is CSc1cccc(NCc2ccccc2N2CCCC2)c1. The van der Waals surface area contributed by atoms with E-state index >= 15 is 0 Å². The van der Waals surface area contributed by atoms with E-state index in [-0.39, 0.29) is 0 Å². The maximum atomic E-state index is 3.56. The molecular formula is C18H22N2S. The summed E-state index contributed by atoms with van der Waals surface area (Å²) >= 11 is 1.78. The third-order valence-corrected chi connectivity index (χ3v) is 4.72. The zero-order valence-corrected chi connectivity index (χ0v) is 13.3. The number of para-hydroxylation sites is 1. The van der Waals surface area contributed by atoms with Gasteiger partial charge in [0.1, 0.15) is 0 Å². The van der Waals surface area contributed by atoms with Gasteiger partial charge in [0.05, 0.1) is 0 Å². The van der Waals surface area contributed by atoms with E-state index in [0.717, 1.165) is 6.54 Å². The van der Waals surface area contributed by atoms with Crippen LogP contribution in [0.3, 0.4) is 0 Å². The van der Waals surface area contributed by atoms with Gasteiger partial charge in [-0.05, 0) is 48.9 Å². The molecule has 3 heteroatoms. The van der Waals surface area contributed by atoms with Gasteiger partial charge >= 0.3 is 0 Å². The lowest BCUT2D eigenvalue weighted by Crippen LogP contribution is -2.19. The topological polar surface area (TPSA) is 15.3 Å². The molecule has 1 fully saturated rings. The van der Waals surface area contributed by atoms with Crippen LogP contribution in [0.4, 0.5) is 11.4 Å². The first-order valence-electron chi connectivity index (χ1n) is 7.57. The molecule has 0 atom stereocenters. The van der Waals surface area contributed by atoms with Gasteiger partial charge < -0.3 is 10.2 Å². The fraction of sp³-hybridized carbons (Fsp3) is 0.333. The molecule has 2 aromatic carbocycles. The number of benzene rings is 2. The predicted octanol–water partition coefficient (Wildman–Crippen LogP) is 4.62. The van der Waals surface area contributed by atoms with Crippen molar-refractivity contribution in [2.75, 3.05) is 29.6 Å². The summed E-state index contributed by atoms with van der Waals surface area (Å²) in [6, 6.07) is 17.4. The van der Waals surface area contributed by atoms with Gasteiger partial charge in [-0.1, -0.05) is 24.3 Å². The molecule has 3 rings (SSSR count). The lowest BCUT2D eigenvalue weighted by Gasteiger charge is -2.21. The lowest BCUT2D eigenvalue weighted by molar-refractivity contribution is 0.949. The highest BCUT2D eigenvalue weighted by Gasteiger charge is 2.14. The minimum Gasteiger partial charge on any atom is -0.381 e. The maximum Gasteiger partial charge on any atom is 0.0421 e. The summed E-state index contributed by atoms with van der Waals surface area (Å²) in [4.78, 5) is 3.81. The van der Waals surface area contributed by atoms with Crippen molar-refractivity contribution in [2.24, 2.45) is 0 Å². The molecule has 2 aromatic rings. The van der Waals surface area contributed by atoms with Crippen LogP contribution in [0.1, 0.15) is 18.4 Å². The van der Waals surface area contributed by atoms with Crippen LogP contribution >= 0.6 is 11.8 Å². The van der Waals surface area contributed by atoms with Crippen molar-refractivity contribution in [3.05, 3.63) is 54.1 Å². The number of nitrogens with zero attached hydrogens (tertiary/aromatic N) is 1. The minimum atomic E-state index is 0.879. The van der Waals surface area contributed by atoms with Crippen LogP contribution in [0.2, 0.25) is 0 Å². The molecule has 0 radical (unpaired) electrons. The zero-order valence-electron chi connectivity index (χ0n) is 12.5. The number of nitrogens with one attached hydrogen (secondary N) is 1. The Kier molecular flexibility index (Phi) is 4.71. The summed E-state index contributed by atoms with van der Waals surface area (Å²) in [5.41, 5.74) is 3.97. The van der Waals surface area contributed by atoms with Crippen molar-refractivity contribution in [1.29, 1.82) is 0 Å². The minimum absolute atomic E-state index is 0.879. The second-order valence-electron chi connectivity index (χ2n) is 5.41. The second kappa shape index (κ2) is 6.90. The quantitative estimate of drug-likeness (QED) is 0.811. The highest BCUT2D eigenvalue weighted by molar-refractivity contribution is 7.98. The average molecular weight is 298 g/mol. The first-order chi connectivity index (χ1) is 10.4. The molecular weight excluding hydrogens is 276 g/mol. The van der Waals surface area contributed by atoms with Gasteiger partial charge in [-0.3, -0.25) is 0 Å². The summed E-state index contributed by atoms with van der Waals surface area (Å²) in [6.45, 7) is 3.27. The van der Waals surface area contributed by atoms with Crippen LogP contribution in [-0.4, -0.2) is 19.3 Å². The van der Waals surface area contributed by atoms with Crippen LogP contribution in [-0.2, 0) is 6.54 Å². The molecule has 110 valence electrons. The Morgan fingerprint density at radius 1 is 1.05 bits per heavy atom. The van der Waals surface area contributed by atoms with E-state index in [1.807, 2.05) is 0 Å². The van der Waals surface area contributed by atoms with Crippen LogP contribution in [0.15, 0.2) is 53.4 Å². The normalized spacial score (nSPS) is 14.4. The molecule has 0 aliphatic carbocycles. The van der Waals surface area contributed by atoms with Crippen molar-refractivity contribution < 1.29 is 0 Å². The largest absolute Gasteiger partial charge is 0.381 e. The first-order valence-corrected chi connectivity index (χ1v) is 8.80. The van der Waals surface area contributed by atoms with Gasteiger partial charge in [0.25, 0.3) is 0 Å². The second-order valence-corrected chi connectivity index (χ2v) is 6.29. The van der Waals surface area contributed by atoms with Gasteiger partial charge in [-0.25, -0.2) is 0 Å². The summed E-state index contributed by atoms with van der Waals surface area (Å²) in [5.74, 6) is 0. The van der Waals surface area contributed by atoms with Crippen molar-refractivity contribution in [1.82, 2.24) is 0 Å². The smallest absolute Gasteiger partial charge is 0.0421 e. The number of anilines is 2. The van der Waals surface area contributed by atoms with Crippen molar-refractivity contribution in [2.45, 2.75) is 24.3 Å². The van der Waals surface area contributed by atoms with E-state index < -0.39 is 0 Å². The fourth-order valence-electron chi connectivity index (χ4n) is 2.86. The van der Waals surface area contributed by atoms with Crippen LogP contribution in [0.25, 0.3) is 0 Å². The fourth-order valence-corrected chi connectivity index (χ4v) is 3.32. The highest BCUT2D eigenvalue weighted by Crippen LogP contribution is 2.26.